The minimum Gasteiger partial charge on any atom is -0.372 e. The largest absolute Gasteiger partial charge is 0.372 e. The van der Waals surface area contributed by atoms with Crippen molar-refractivity contribution in [2.75, 3.05) is 22.6 Å². The lowest BCUT2D eigenvalue weighted by molar-refractivity contribution is 0.656. The standard InChI is InChI=1S/C14H14Cl2N4/c15-10-6-5-9(7-11(10)16)17-8-18-14-19-12-3-1-2-4-13(12)20-14/h1-7,14,17-20H,8H2. The lowest BCUT2D eigenvalue weighted by atomic mass is 10.3. The summed E-state index contributed by atoms with van der Waals surface area (Å²) in [6.07, 6.45) is 0.00247. The van der Waals surface area contributed by atoms with Crippen LogP contribution in [0.1, 0.15) is 0 Å². The first-order valence-corrected chi connectivity index (χ1v) is 7.02. The van der Waals surface area contributed by atoms with Crippen molar-refractivity contribution >= 4 is 40.3 Å². The van der Waals surface area contributed by atoms with E-state index in [0.717, 1.165) is 17.1 Å². The van der Waals surface area contributed by atoms with Crippen LogP contribution in [0.3, 0.4) is 0 Å². The quantitative estimate of drug-likeness (QED) is 0.649. The SMILES string of the molecule is Clc1ccc(NCNC2Nc3ccccc3N2)cc1Cl. The number of hydrogen-bond donors (Lipinski definition) is 4. The van der Waals surface area contributed by atoms with Gasteiger partial charge in [-0.2, -0.15) is 0 Å². The van der Waals surface area contributed by atoms with E-state index in [4.69, 9.17) is 23.2 Å². The zero-order valence-electron chi connectivity index (χ0n) is 10.6. The second kappa shape index (κ2) is 5.79. The zero-order chi connectivity index (χ0) is 13.9. The summed E-state index contributed by atoms with van der Waals surface area (Å²) in [6, 6.07) is 13.5. The van der Waals surface area contributed by atoms with E-state index >= 15 is 0 Å². The van der Waals surface area contributed by atoms with Crippen molar-refractivity contribution in [1.29, 1.82) is 0 Å². The van der Waals surface area contributed by atoms with E-state index in [1.165, 1.54) is 0 Å². The van der Waals surface area contributed by atoms with Crippen molar-refractivity contribution in [1.82, 2.24) is 5.32 Å². The lowest BCUT2D eigenvalue weighted by Crippen LogP contribution is -2.41. The molecule has 0 unspecified atom stereocenters. The van der Waals surface area contributed by atoms with E-state index in [0.29, 0.717) is 16.7 Å². The summed E-state index contributed by atoms with van der Waals surface area (Å²) in [4.78, 5) is 0. The van der Waals surface area contributed by atoms with E-state index < -0.39 is 0 Å². The third-order valence-corrected chi connectivity index (χ3v) is 3.78. The summed E-state index contributed by atoms with van der Waals surface area (Å²) in [7, 11) is 0. The molecule has 1 aliphatic heterocycles. The van der Waals surface area contributed by atoms with Gasteiger partial charge in [0.1, 0.15) is 0 Å². The van der Waals surface area contributed by atoms with Gasteiger partial charge in [0.05, 0.1) is 28.1 Å². The van der Waals surface area contributed by atoms with Crippen molar-refractivity contribution in [2.24, 2.45) is 0 Å². The van der Waals surface area contributed by atoms with Gasteiger partial charge in [-0.25, -0.2) is 0 Å². The Balaban J connectivity index is 1.51. The zero-order valence-corrected chi connectivity index (χ0v) is 12.1. The van der Waals surface area contributed by atoms with Crippen molar-refractivity contribution < 1.29 is 0 Å². The monoisotopic (exact) mass is 308 g/mol. The van der Waals surface area contributed by atoms with Crippen LogP contribution in [0.25, 0.3) is 0 Å². The molecule has 6 heteroatoms. The van der Waals surface area contributed by atoms with Gasteiger partial charge in [0.15, 0.2) is 6.29 Å². The highest BCUT2D eigenvalue weighted by Crippen LogP contribution is 2.27. The first-order valence-electron chi connectivity index (χ1n) is 6.27. The van der Waals surface area contributed by atoms with E-state index in [2.05, 4.69) is 21.3 Å². The molecule has 104 valence electrons. The van der Waals surface area contributed by atoms with Crippen LogP contribution in [0.5, 0.6) is 0 Å². The van der Waals surface area contributed by atoms with Crippen molar-refractivity contribution in [3.8, 4) is 0 Å². The van der Waals surface area contributed by atoms with Crippen LogP contribution in [0, 0.1) is 0 Å². The van der Waals surface area contributed by atoms with E-state index in [1.54, 1.807) is 12.1 Å². The number of para-hydroxylation sites is 2. The number of nitrogens with one attached hydrogen (secondary N) is 4. The Morgan fingerprint density at radius 3 is 2.30 bits per heavy atom. The fraction of sp³-hybridized carbons (Fsp3) is 0.143. The minimum atomic E-state index is 0.00247. The molecule has 0 amide bonds. The smallest absolute Gasteiger partial charge is 0.154 e. The normalized spacial score (nSPS) is 13.5. The average molecular weight is 309 g/mol. The Hall–Kier alpha value is -1.62. The molecule has 1 aliphatic rings. The van der Waals surface area contributed by atoms with Crippen LogP contribution in [0.4, 0.5) is 17.1 Å². The maximum Gasteiger partial charge on any atom is 0.154 e. The van der Waals surface area contributed by atoms with Gasteiger partial charge in [-0.05, 0) is 30.3 Å². The molecule has 3 rings (SSSR count). The third-order valence-electron chi connectivity index (χ3n) is 3.05. The van der Waals surface area contributed by atoms with Gasteiger partial charge in [0, 0.05) is 5.69 Å². The summed E-state index contributed by atoms with van der Waals surface area (Å²) in [5.41, 5.74) is 3.11. The minimum absolute atomic E-state index is 0.00247. The van der Waals surface area contributed by atoms with Gasteiger partial charge < -0.3 is 16.0 Å². The van der Waals surface area contributed by atoms with Crippen LogP contribution >= 0.6 is 23.2 Å². The molecule has 0 saturated carbocycles. The number of benzene rings is 2. The topological polar surface area (TPSA) is 48.1 Å². The molecule has 0 aromatic heterocycles. The molecule has 2 aromatic carbocycles. The third kappa shape index (κ3) is 2.93. The molecule has 0 aliphatic carbocycles. The van der Waals surface area contributed by atoms with E-state index in [1.807, 2.05) is 30.3 Å². The maximum atomic E-state index is 5.96. The molecule has 1 heterocycles. The Labute approximate surface area is 127 Å². The molecule has 0 radical (unpaired) electrons. The molecular weight excluding hydrogens is 295 g/mol. The number of hydrogen-bond acceptors (Lipinski definition) is 4. The number of fused-ring (bicyclic) bond motifs is 1. The first kappa shape index (κ1) is 13.4. The summed E-state index contributed by atoms with van der Waals surface area (Å²) in [6.45, 7) is 0.594. The van der Waals surface area contributed by atoms with Crippen LogP contribution in [-0.2, 0) is 0 Å². The predicted molar refractivity (Wildman–Crippen MR) is 85.6 cm³/mol. The van der Waals surface area contributed by atoms with Gasteiger partial charge in [0.2, 0.25) is 0 Å². The van der Waals surface area contributed by atoms with Gasteiger partial charge >= 0.3 is 0 Å². The molecule has 2 aromatic rings. The number of halogens is 2. The summed E-state index contributed by atoms with van der Waals surface area (Å²) < 4.78 is 0. The van der Waals surface area contributed by atoms with Crippen LogP contribution < -0.4 is 21.3 Å². The van der Waals surface area contributed by atoms with E-state index in [-0.39, 0.29) is 6.29 Å². The highest BCUT2D eigenvalue weighted by atomic mass is 35.5. The molecular formula is C14H14Cl2N4. The van der Waals surface area contributed by atoms with Crippen LogP contribution in [0.15, 0.2) is 42.5 Å². The fourth-order valence-electron chi connectivity index (χ4n) is 2.05. The highest BCUT2D eigenvalue weighted by molar-refractivity contribution is 6.42. The molecule has 0 saturated heterocycles. The Bertz CT molecular complexity index is 593. The van der Waals surface area contributed by atoms with Gasteiger partial charge in [-0.3, -0.25) is 5.32 Å². The van der Waals surface area contributed by atoms with Crippen molar-refractivity contribution in [3.05, 3.63) is 52.5 Å². The van der Waals surface area contributed by atoms with Gasteiger partial charge in [-0.15, -0.1) is 0 Å². The fourth-order valence-corrected chi connectivity index (χ4v) is 2.34. The predicted octanol–water partition coefficient (Wildman–Crippen LogP) is 3.77. The number of rotatable bonds is 4. The lowest BCUT2D eigenvalue weighted by Gasteiger charge is -2.15. The van der Waals surface area contributed by atoms with E-state index in [9.17, 15) is 0 Å². The van der Waals surface area contributed by atoms with Gasteiger partial charge in [-0.1, -0.05) is 35.3 Å². The van der Waals surface area contributed by atoms with Crippen LogP contribution in [0.2, 0.25) is 10.0 Å². The molecule has 0 fully saturated rings. The summed E-state index contributed by atoms with van der Waals surface area (Å²) in [5.74, 6) is 0. The molecule has 0 bridgehead atoms. The second-order valence-electron chi connectivity index (χ2n) is 4.45. The molecule has 4 nitrogen and oxygen atoms in total. The first-order chi connectivity index (χ1) is 9.72. The number of anilines is 3. The summed E-state index contributed by atoms with van der Waals surface area (Å²) in [5, 5.41) is 14.3. The van der Waals surface area contributed by atoms with Crippen molar-refractivity contribution in [2.45, 2.75) is 6.29 Å². The Morgan fingerprint density at radius 2 is 1.65 bits per heavy atom. The second-order valence-corrected chi connectivity index (χ2v) is 5.27. The summed E-state index contributed by atoms with van der Waals surface area (Å²) >= 11 is 11.8. The Kier molecular flexibility index (Phi) is 3.87. The molecule has 0 spiro atoms. The average Bonchev–Trinajstić information content (AvgIpc) is 2.85. The maximum absolute atomic E-state index is 5.96. The molecule has 4 N–H and O–H groups in total. The molecule has 0 atom stereocenters. The van der Waals surface area contributed by atoms with Crippen LogP contribution in [-0.4, -0.2) is 13.0 Å². The Morgan fingerprint density at radius 1 is 0.950 bits per heavy atom. The molecule has 20 heavy (non-hydrogen) atoms. The van der Waals surface area contributed by atoms with Crippen molar-refractivity contribution in [3.63, 3.8) is 0 Å². The van der Waals surface area contributed by atoms with Gasteiger partial charge in [0.25, 0.3) is 0 Å². The highest BCUT2D eigenvalue weighted by Gasteiger charge is 2.17.